The van der Waals surface area contributed by atoms with Gasteiger partial charge in [-0.2, -0.15) is 0 Å². The molecule has 3 aromatic rings. The maximum atomic E-state index is 12.4. The SMILES string of the molecule is Cc1ccc(NC(=O)C(C)Sc2n[nH]c(Cc3cccs3)n2)c(Br)c1. The van der Waals surface area contributed by atoms with Gasteiger partial charge < -0.3 is 5.32 Å². The predicted molar refractivity (Wildman–Crippen MR) is 106 cm³/mol. The van der Waals surface area contributed by atoms with Crippen LogP contribution in [0.15, 0.2) is 45.3 Å². The van der Waals surface area contributed by atoms with Crippen LogP contribution in [-0.4, -0.2) is 26.3 Å². The number of rotatable bonds is 6. The van der Waals surface area contributed by atoms with Gasteiger partial charge in [-0.25, -0.2) is 4.98 Å². The third-order valence-corrected chi connectivity index (χ3v) is 5.96. The summed E-state index contributed by atoms with van der Waals surface area (Å²) < 4.78 is 0.870. The van der Waals surface area contributed by atoms with Crippen molar-refractivity contribution in [2.24, 2.45) is 0 Å². The number of benzene rings is 1. The van der Waals surface area contributed by atoms with E-state index in [9.17, 15) is 4.79 Å². The van der Waals surface area contributed by atoms with Crippen LogP contribution in [-0.2, 0) is 11.2 Å². The van der Waals surface area contributed by atoms with Crippen molar-refractivity contribution in [1.29, 1.82) is 0 Å². The minimum Gasteiger partial charge on any atom is -0.324 e. The number of carbonyl (C=O) groups is 1. The Morgan fingerprint density at radius 1 is 1.44 bits per heavy atom. The number of anilines is 1. The summed E-state index contributed by atoms with van der Waals surface area (Å²) in [4.78, 5) is 18.1. The lowest BCUT2D eigenvalue weighted by Crippen LogP contribution is -2.22. The van der Waals surface area contributed by atoms with E-state index < -0.39 is 0 Å². The van der Waals surface area contributed by atoms with E-state index in [4.69, 9.17) is 0 Å². The fraction of sp³-hybridized carbons (Fsp3) is 0.235. The van der Waals surface area contributed by atoms with Gasteiger partial charge in [0.1, 0.15) is 5.82 Å². The topological polar surface area (TPSA) is 70.7 Å². The second kappa shape index (κ2) is 8.16. The number of H-pyrrole nitrogens is 1. The third-order valence-electron chi connectivity index (χ3n) is 3.47. The Morgan fingerprint density at radius 3 is 3.00 bits per heavy atom. The summed E-state index contributed by atoms with van der Waals surface area (Å²) in [6.45, 7) is 3.85. The Kier molecular flexibility index (Phi) is 5.93. The first kappa shape index (κ1) is 18.2. The molecular weight excluding hydrogens is 420 g/mol. The number of carbonyl (C=O) groups excluding carboxylic acids is 1. The van der Waals surface area contributed by atoms with Gasteiger partial charge >= 0.3 is 0 Å². The van der Waals surface area contributed by atoms with Gasteiger partial charge in [-0.3, -0.25) is 9.89 Å². The molecule has 1 amide bonds. The van der Waals surface area contributed by atoms with E-state index >= 15 is 0 Å². The second-order valence-corrected chi connectivity index (χ2v) is 8.75. The number of thioether (sulfide) groups is 1. The van der Waals surface area contributed by atoms with Crippen LogP contribution in [0.4, 0.5) is 5.69 Å². The van der Waals surface area contributed by atoms with E-state index in [1.165, 1.54) is 16.6 Å². The average molecular weight is 437 g/mol. The lowest BCUT2D eigenvalue weighted by Gasteiger charge is -2.11. The summed E-state index contributed by atoms with van der Waals surface area (Å²) in [6, 6.07) is 9.90. The highest BCUT2D eigenvalue weighted by atomic mass is 79.9. The molecule has 0 bridgehead atoms. The molecule has 5 nitrogen and oxygen atoms in total. The molecule has 0 aliphatic heterocycles. The highest BCUT2D eigenvalue weighted by Gasteiger charge is 2.18. The molecular formula is C17H17BrN4OS2. The van der Waals surface area contributed by atoms with Crippen LogP contribution in [0.25, 0.3) is 0 Å². The van der Waals surface area contributed by atoms with Crippen molar-refractivity contribution in [1.82, 2.24) is 15.2 Å². The van der Waals surface area contributed by atoms with Crippen molar-refractivity contribution in [3.05, 3.63) is 56.4 Å². The maximum Gasteiger partial charge on any atom is 0.237 e. The molecule has 0 aliphatic carbocycles. The fourth-order valence-corrected chi connectivity index (χ4v) is 4.20. The molecule has 0 radical (unpaired) electrons. The van der Waals surface area contributed by atoms with E-state index in [2.05, 4.69) is 42.5 Å². The van der Waals surface area contributed by atoms with Crippen LogP contribution in [0.1, 0.15) is 23.2 Å². The van der Waals surface area contributed by atoms with E-state index in [1.54, 1.807) is 11.3 Å². The Morgan fingerprint density at radius 2 is 2.28 bits per heavy atom. The average Bonchev–Trinajstić information content (AvgIpc) is 3.22. The lowest BCUT2D eigenvalue weighted by atomic mass is 10.2. The molecule has 0 saturated carbocycles. The number of thiophene rings is 1. The zero-order valence-corrected chi connectivity index (χ0v) is 17.0. The number of aromatic amines is 1. The summed E-state index contributed by atoms with van der Waals surface area (Å²) in [6.07, 6.45) is 0.724. The van der Waals surface area contributed by atoms with Crippen LogP contribution in [0.2, 0.25) is 0 Å². The molecule has 8 heteroatoms. The van der Waals surface area contributed by atoms with E-state index in [1.807, 2.05) is 43.5 Å². The predicted octanol–water partition coefficient (Wildman–Crippen LogP) is 4.65. The van der Waals surface area contributed by atoms with Gasteiger partial charge in [0.15, 0.2) is 0 Å². The number of aromatic nitrogens is 3. The maximum absolute atomic E-state index is 12.4. The zero-order chi connectivity index (χ0) is 17.8. The van der Waals surface area contributed by atoms with Gasteiger partial charge in [-0.15, -0.1) is 16.4 Å². The summed E-state index contributed by atoms with van der Waals surface area (Å²) >= 11 is 6.50. The largest absolute Gasteiger partial charge is 0.324 e. The molecule has 130 valence electrons. The molecule has 2 heterocycles. The van der Waals surface area contributed by atoms with Gasteiger partial charge in [0.2, 0.25) is 11.1 Å². The normalized spacial score (nSPS) is 12.1. The Balaban J connectivity index is 1.58. The molecule has 3 rings (SSSR count). The van der Waals surface area contributed by atoms with Crippen molar-refractivity contribution >= 4 is 50.6 Å². The highest BCUT2D eigenvalue weighted by Crippen LogP contribution is 2.26. The molecule has 2 N–H and O–H groups in total. The molecule has 0 spiro atoms. The van der Waals surface area contributed by atoms with Gasteiger partial charge in [-0.05, 0) is 58.9 Å². The molecule has 25 heavy (non-hydrogen) atoms. The zero-order valence-electron chi connectivity index (χ0n) is 13.7. The number of nitrogens with zero attached hydrogens (tertiary/aromatic N) is 2. The Bertz CT molecular complexity index is 863. The number of hydrogen-bond acceptors (Lipinski definition) is 5. The molecule has 0 fully saturated rings. The number of amides is 1. The van der Waals surface area contributed by atoms with Crippen molar-refractivity contribution < 1.29 is 4.79 Å². The number of halogens is 1. The second-order valence-electron chi connectivity index (χ2n) is 5.55. The first-order valence-electron chi connectivity index (χ1n) is 7.68. The molecule has 2 aromatic heterocycles. The van der Waals surface area contributed by atoms with E-state index in [-0.39, 0.29) is 11.2 Å². The van der Waals surface area contributed by atoms with Crippen molar-refractivity contribution in [2.45, 2.75) is 30.7 Å². The lowest BCUT2D eigenvalue weighted by molar-refractivity contribution is -0.115. The first-order valence-corrected chi connectivity index (χ1v) is 10.2. The highest BCUT2D eigenvalue weighted by molar-refractivity contribution is 9.10. The Hall–Kier alpha value is -1.64. The van der Waals surface area contributed by atoms with Crippen molar-refractivity contribution in [3.63, 3.8) is 0 Å². The standard InChI is InChI=1S/C17H17BrN4OS2/c1-10-5-6-14(13(18)8-10)19-16(23)11(2)25-17-20-15(21-22-17)9-12-4-3-7-24-12/h3-8,11H,9H2,1-2H3,(H,19,23)(H,20,21,22). The molecule has 1 atom stereocenters. The monoisotopic (exact) mass is 436 g/mol. The minimum absolute atomic E-state index is 0.0841. The van der Waals surface area contributed by atoms with Crippen molar-refractivity contribution in [3.8, 4) is 0 Å². The number of aryl methyl sites for hydroxylation is 1. The summed E-state index contributed by atoms with van der Waals surface area (Å²) in [5.41, 5.74) is 1.89. The molecule has 1 aromatic carbocycles. The molecule has 1 unspecified atom stereocenters. The molecule has 0 saturated heterocycles. The quantitative estimate of drug-likeness (QED) is 0.551. The minimum atomic E-state index is -0.307. The van der Waals surface area contributed by atoms with Crippen LogP contribution >= 0.6 is 39.0 Å². The van der Waals surface area contributed by atoms with Crippen LogP contribution in [0, 0.1) is 6.92 Å². The smallest absolute Gasteiger partial charge is 0.237 e. The summed E-state index contributed by atoms with van der Waals surface area (Å²) in [5.74, 6) is 0.720. The number of hydrogen-bond donors (Lipinski definition) is 2. The van der Waals surface area contributed by atoms with Crippen LogP contribution in [0.3, 0.4) is 0 Å². The first-order chi connectivity index (χ1) is 12.0. The molecule has 0 aliphatic rings. The number of nitrogens with one attached hydrogen (secondary N) is 2. The van der Waals surface area contributed by atoms with Gasteiger partial charge in [-0.1, -0.05) is 23.9 Å². The van der Waals surface area contributed by atoms with E-state index in [0.717, 1.165) is 28.0 Å². The van der Waals surface area contributed by atoms with Crippen molar-refractivity contribution in [2.75, 3.05) is 5.32 Å². The van der Waals surface area contributed by atoms with Gasteiger partial charge in [0.05, 0.1) is 10.9 Å². The summed E-state index contributed by atoms with van der Waals surface area (Å²) in [7, 11) is 0. The Labute approximate surface area is 162 Å². The van der Waals surface area contributed by atoms with Crippen LogP contribution in [0.5, 0.6) is 0 Å². The fourth-order valence-electron chi connectivity index (χ4n) is 2.16. The van der Waals surface area contributed by atoms with Crippen LogP contribution < -0.4 is 5.32 Å². The summed E-state index contributed by atoms with van der Waals surface area (Å²) in [5, 5.41) is 12.4. The van der Waals surface area contributed by atoms with Gasteiger partial charge in [0, 0.05) is 15.8 Å². The van der Waals surface area contributed by atoms with E-state index in [0.29, 0.717) is 5.16 Å². The van der Waals surface area contributed by atoms with Gasteiger partial charge in [0.25, 0.3) is 0 Å². The third kappa shape index (κ3) is 4.93.